The smallest absolute Gasteiger partial charge is 0.0513 e. The van der Waals surface area contributed by atoms with Crippen LogP contribution in [0.1, 0.15) is 49.9 Å². The Balaban J connectivity index is 1.72. The summed E-state index contributed by atoms with van der Waals surface area (Å²) in [6.07, 6.45) is 1.85. The van der Waals surface area contributed by atoms with Crippen LogP contribution in [0.3, 0.4) is 0 Å². The summed E-state index contributed by atoms with van der Waals surface area (Å²) in [7, 11) is 0. The minimum atomic E-state index is 0.286. The van der Waals surface area contributed by atoms with E-state index < -0.39 is 0 Å². The number of nitrogens with one attached hydrogen (secondary N) is 2. The summed E-state index contributed by atoms with van der Waals surface area (Å²) in [4.78, 5) is 9.64. The van der Waals surface area contributed by atoms with Crippen LogP contribution in [-0.2, 0) is 0 Å². The Morgan fingerprint density at radius 2 is 1.04 bits per heavy atom. The molecule has 2 aromatic carbocycles. The molecule has 1 aliphatic heterocycles. The lowest BCUT2D eigenvalue weighted by molar-refractivity contribution is 0.542. The topological polar surface area (TPSA) is 48.8 Å². The van der Waals surface area contributed by atoms with Crippen molar-refractivity contribution in [3.63, 3.8) is 0 Å². The molecule has 2 N–H and O–H groups in total. The summed E-state index contributed by atoms with van der Waals surface area (Å²) in [6, 6.07) is 21.9. The van der Waals surface area contributed by atoms with E-state index in [9.17, 15) is 0 Å². The van der Waals surface area contributed by atoms with Crippen molar-refractivity contribution in [1.29, 1.82) is 0 Å². The molecule has 3 rings (SSSR count). The third-order valence-corrected chi connectivity index (χ3v) is 5.17. The summed E-state index contributed by atoms with van der Waals surface area (Å²) >= 11 is 0. The number of nitrogens with zero attached hydrogens (tertiary/aromatic N) is 2. The lowest BCUT2D eigenvalue weighted by Gasteiger charge is -2.21. The van der Waals surface area contributed by atoms with Gasteiger partial charge in [0.2, 0.25) is 0 Å². The van der Waals surface area contributed by atoms with Crippen molar-refractivity contribution < 1.29 is 0 Å². The van der Waals surface area contributed by atoms with Crippen LogP contribution in [0.5, 0.6) is 0 Å². The lowest BCUT2D eigenvalue weighted by atomic mass is 10.0. The first kappa shape index (κ1) is 20.4. The van der Waals surface area contributed by atoms with Crippen molar-refractivity contribution in [1.82, 2.24) is 10.6 Å². The molecule has 0 saturated carbocycles. The molecule has 0 spiro atoms. The van der Waals surface area contributed by atoms with Crippen molar-refractivity contribution in [3.8, 4) is 0 Å². The van der Waals surface area contributed by atoms with Crippen molar-refractivity contribution in [2.45, 2.75) is 38.8 Å². The van der Waals surface area contributed by atoms with Gasteiger partial charge in [-0.3, -0.25) is 9.98 Å². The highest BCUT2D eigenvalue weighted by atomic mass is 15.0. The van der Waals surface area contributed by atoms with Crippen molar-refractivity contribution in [3.05, 3.63) is 71.8 Å². The van der Waals surface area contributed by atoms with Crippen LogP contribution in [0.4, 0.5) is 0 Å². The van der Waals surface area contributed by atoms with Crippen LogP contribution in [-0.4, -0.2) is 37.6 Å². The molecule has 0 aliphatic carbocycles. The predicted molar refractivity (Wildman–Crippen MR) is 120 cm³/mol. The molecule has 28 heavy (non-hydrogen) atoms. The van der Waals surface area contributed by atoms with Gasteiger partial charge >= 0.3 is 0 Å². The Hall–Kier alpha value is -2.30. The fourth-order valence-electron chi connectivity index (χ4n) is 3.68. The van der Waals surface area contributed by atoms with Crippen molar-refractivity contribution in [2.75, 3.05) is 26.2 Å². The summed E-state index contributed by atoms with van der Waals surface area (Å²) in [5.41, 5.74) is 5.01. The van der Waals surface area contributed by atoms with Gasteiger partial charge in [0.25, 0.3) is 0 Å². The summed E-state index contributed by atoms with van der Waals surface area (Å²) in [5, 5.41) is 7.36. The molecule has 148 valence electrons. The first-order chi connectivity index (χ1) is 13.7. The number of hydrogen-bond donors (Lipinski definition) is 2. The van der Waals surface area contributed by atoms with Crippen LogP contribution in [0.15, 0.2) is 70.6 Å². The highest BCUT2D eigenvalue weighted by Crippen LogP contribution is 2.19. The quantitative estimate of drug-likeness (QED) is 0.818. The van der Waals surface area contributed by atoms with E-state index in [1.54, 1.807) is 0 Å². The van der Waals surface area contributed by atoms with E-state index in [4.69, 9.17) is 9.98 Å². The zero-order chi connectivity index (χ0) is 19.6. The Labute approximate surface area is 169 Å². The van der Waals surface area contributed by atoms with Gasteiger partial charge < -0.3 is 10.6 Å². The predicted octanol–water partition coefficient (Wildman–Crippen LogP) is 4.36. The Bertz CT molecular complexity index is 700. The molecule has 1 aliphatic rings. The Morgan fingerprint density at radius 1 is 0.643 bits per heavy atom. The minimum Gasteiger partial charge on any atom is -0.308 e. The molecule has 0 unspecified atom stereocenters. The van der Waals surface area contributed by atoms with Crippen LogP contribution in [0, 0.1) is 0 Å². The average Bonchev–Trinajstić information content (AvgIpc) is 2.73. The third kappa shape index (κ3) is 6.39. The Morgan fingerprint density at radius 3 is 1.43 bits per heavy atom. The normalized spacial score (nSPS) is 22.6. The lowest BCUT2D eigenvalue weighted by Crippen LogP contribution is -2.28. The van der Waals surface area contributed by atoms with Crippen LogP contribution >= 0.6 is 0 Å². The molecule has 0 amide bonds. The number of aliphatic imine (C=N–C) groups is 2. The molecule has 1 heterocycles. The molecule has 2 atom stereocenters. The SMILES string of the molecule is CC1=NCCN[C@H](c2ccccc2)CC(C)=NCCN[C@H](c2ccccc2)C1. The molecule has 0 bridgehead atoms. The molecule has 0 aromatic heterocycles. The van der Waals surface area contributed by atoms with Crippen LogP contribution < -0.4 is 10.6 Å². The van der Waals surface area contributed by atoms with E-state index in [1.165, 1.54) is 22.6 Å². The van der Waals surface area contributed by atoms with Gasteiger partial charge in [0, 0.05) is 49.4 Å². The molecular weight excluding hydrogens is 344 g/mol. The molecule has 4 nitrogen and oxygen atoms in total. The standard InChI is InChI=1S/C24H32N4/c1-19-17-23(21-9-5-3-6-10-21)27-16-14-26-20(2)18-24(28-15-13-25-19)22-11-7-4-8-12-22/h3-12,23-24,27-28H,13-18H2,1-2H3/t23-,24-/m0/s1. The van der Waals surface area contributed by atoms with Gasteiger partial charge in [-0.1, -0.05) is 60.7 Å². The maximum Gasteiger partial charge on any atom is 0.0513 e. The first-order valence-corrected chi connectivity index (χ1v) is 10.3. The maximum absolute atomic E-state index is 4.82. The summed E-state index contributed by atoms with van der Waals surface area (Å²) in [6.45, 7) is 7.61. The van der Waals surface area contributed by atoms with E-state index in [0.717, 1.165) is 39.0 Å². The van der Waals surface area contributed by atoms with Gasteiger partial charge in [-0.05, 0) is 25.0 Å². The van der Waals surface area contributed by atoms with Crippen molar-refractivity contribution in [2.24, 2.45) is 9.98 Å². The van der Waals surface area contributed by atoms with E-state index in [1.807, 2.05) is 0 Å². The highest BCUT2D eigenvalue weighted by molar-refractivity contribution is 5.83. The third-order valence-electron chi connectivity index (χ3n) is 5.17. The second-order valence-electron chi connectivity index (χ2n) is 7.48. The van der Waals surface area contributed by atoms with Gasteiger partial charge in [0.15, 0.2) is 0 Å². The first-order valence-electron chi connectivity index (χ1n) is 10.3. The Kier molecular flexibility index (Phi) is 7.94. The van der Waals surface area contributed by atoms with Gasteiger partial charge in [0.1, 0.15) is 0 Å². The van der Waals surface area contributed by atoms with E-state index in [0.29, 0.717) is 0 Å². The van der Waals surface area contributed by atoms with Gasteiger partial charge in [-0.2, -0.15) is 0 Å². The fraction of sp³-hybridized carbons (Fsp3) is 0.417. The van der Waals surface area contributed by atoms with E-state index in [-0.39, 0.29) is 12.1 Å². The molecule has 0 radical (unpaired) electrons. The number of hydrogen-bond acceptors (Lipinski definition) is 4. The average molecular weight is 377 g/mol. The summed E-state index contributed by atoms with van der Waals surface area (Å²) < 4.78 is 0. The molecule has 4 heteroatoms. The molecular formula is C24H32N4. The zero-order valence-electron chi connectivity index (χ0n) is 17.1. The van der Waals surface area contributed by atoms with Gasteiger partial charge in [-0.25, -0.2) is 0 Å². The molecule has 0 fully saturated rings. The number of rotatable bonds is 2. The second kappa shape index (κ2) is 10.9. The van der Waals surface area contributed by atoms with Crippen molar-refractivity contribution >= 4 is 11.4 Å². The summed E-state index contributed by atoms with van der Waals surface area (Å²) in [5.74, 6) is 0. The largest absolute Gasteiger partial charge is 0.308 e. The van der Waals surface area contributed by atoms with Gasteiger partial charge in [-0.15, -0.1) is 0 Å². The number of benzene rings is 2. The van der Waals surface area contributed by atoms with Crippen LogP contribution in [0.25, 0.3) is 0 Å². The van der Waals surface area contributed by atoms with Gasteiger partial charge in [0.05, 0.1) is 13.1 Å². The minimum absolute atomic E-state index is 0.286. The highest BCUT2D eigenvalue weighted by Gasteiger charge is 2.14. The molecule has 2 aromatic rings. The second-order valence-corrected chi connectivity index (χ2v) is 7.48. The maximum atomic E-state index is 4.82. The van der Waals surface area contributed by atoms with E-state index in [2.05, 4.69) is 85.1 Å². The monoisotopic (exact) mass is 376 g/mol. The van der Waals surface area contributed by atoms with Crippen LogP contribution in [0.2, 0.25) is 0 Å². The fourth-order valence-corrected chi connectivity index (χ4v) is 3.68. The molecule has 0 saturated heterocycles. The zero-order valence-corrected chi connectivity index (χ0v) is 17.1. The van der Waals surface area contributed by atoms with E-state index >= 15 is 0 Å².